The standard InChI is InChI=1S/C7H13O/c1-2-7-3-5-8-6-4-7/h2,7H,3-6H2,1H3. The molecule has 1 fully saturated rings. The van der Waals surface area contributed by atoms with E-state index in [1.165, 1.54) is 12.8 Å². The van der Waals surface area contributed by atoms with Crippen molar-refractivity contribution >= 4 is 0 Å². The van der Waals surface area contributed by atoms with E-state index < -0.39 is 0 Å². The van der Waals surface area contributed by atoms with Gasteiger partial charge in [-0.15, -0.1) is 0 Å². The molecule has 1 aliphatic heterocycles. The Bertz CT molecular complexity index is 55.4. The average molecular weight is 113 g/mol. The van der Waals surface area contributed by atoms with Gasteiger partial charge in [-0.1, -0.05) is 6.92 Å². The summed E-state index contributed by atoms with van der Waals surface area (Å²) < 4.78 is 5.18. The van der Waals surface area contributed by atoms with Gasteiger partial charge >= 0.3 is 0 Å². The minimum Gasteiger partial charge on any atom is -0.381 e. The summed E-state index contributed by atoms with van der Waals surface area (Å²) in [6.45, 7) is 4.07. The van der Waals surface area contributed by atoms with Gasteiger partial charge in [0.25, 0.3) is 0 Å². The number of ether oxygens (including phenoxy) is 1. The molecule has 0 spiro atoms. The number of rotatable bonds is 1. The van der Waals surface area contributed by atoms with Crippen LogP contribution in [0.25, 0.3) is 0 Å². The summed E-state index contributed by atoms with van der Waals surface area (Å²) in [5.41, 5.74) is 0. The maximum absolute atomic E-state index is 5.18. The summed E-state index contributed by atoms with van der Waals surface area (Å²) in [5, 5.41) is 0. The van der Waals surface area contributed by atoms with Crippen molar-refractivity contribution in [3.05, 3.63) is 6.42 Å². The van der Waals surface area contributed by atoms with Crippen LogP contribution in [0, 0.1) is 12.3 Å². The minimum atomic E-state index is 0.837. The quantitative estimate of drug-likeness (QED) is 0.502. The van der Waals surface area contributed by atoms with E-state index in [1.807, 2.05) is 0 Å². The van der Waals surface area contributed by atoms with Gasteiger partial charge in [0.2, 0.25) is 0 Å². The molecule has 0 bridgehead atoms. The second-order valence-electron chi connectivity index (χ2n) is 2.28. The smallest absolute Gasteiger partial charge is 0.0468 e. The second kappa shape index (κ2) is 3.08. The van der Waals surface area contributed by atoms with Gasteiger partial charge in [-0.3, -0.25) is 0 Å². The molecule has 0 aromatic carbocycles. The lowest BCUT2D eigenvalue weighted by Crippen LogP contribution is -2.14. The molecule has 0 saturated carbocycles. The predicted molar refractivity (Wildman–Crippen MR) is 33.5 cm³/mol. The molecule has 1 rings (SSSR count). The molecule has 0 N–H and O–H groups in total. The van der Waals surface area contributed by atoms with Crippen molar-refractivity contribution in [2.75, 3.05) is 13.2 Å². The average Bonchev–Trinajstić information content (AvgIpc) is 1.90. The fourth-order valence-corrected chi connectivity index (χ4v) is 1.05. The molecule has 0 aromatic rings. The summed E-state index contributed by atoms with van der Waals surface area (Å²) in [5.74, 6) is 0.837. The summed E-state index contributed by atoms with van der Waals surface area (Å²) >= 11 is 0. The highest BCUT2D eigenvalue weighted by Gasteiger charge is 2.10. The van der Waals surface area contributed by atoms with Crippen LogP contribution in [0.5, 0.6) is 0 Å². The van der Waals surface area contributed by atoms with Gasteiger partial charge in [0.1, 0.15) is 0 Å². The zero-order chi connectivity index (χ0) is 5.82. The molecular formula is C7H13O. The van der Waals surface area contributed by atoms with Crippen LogP contribution in [-0.4, -0.2) is 13.2 Å². The van der Waals surface area contributed by atoms with Crippen molar-refractivity contribution in [1.82, 2.24) is 0 Å². The van der Waals surface area contributed by atoms with E-state index in [2.05, 4.69) is 13.3 Å². The third kappa shape index (κ3) is 1.48. The van der Waals surface area contributed by atoms with Crippen LogP contribution < -0.4 is 0 Å². The van der Waals surface area contributed by atoms with Gasteiger partial charge in [0.05, 0.1) is 0 Å². The fraction of sp³-hybridized carbons (Fsp3) is 0.857. The Balaban J connectivity index is 2.13. The highest BCUT2D eigenvalue weighted by Crippen LogP contribution is 2.16. The van der Waals surface area contributed by atoms with Crippen LogP contribution in [0.15, 0.2) is 0 Å². The van der Waals surface area contributed by atoms with Crippen molar-refractivity contribution in [2.24, 2.45) is 5.92 Å². The van der Waals surface area contributed by atoms with E-state index in [0.29, 0.717) is 0 Å². The first-order chi connectivity index (χ1) is 3.93. The molecule has 0 atom stereocenters. The van der Waals surface area contributed by atoms with E-state index in [9.17, 15) is 0 Å². The number of hydrogen-bond donors (Lipinski definition) is 0. The Kier molecular flexibility index (Phi) is 2.34. The topological polar surface area (TPSA) is 9.23 Å². The minimum absolute atomic E-state index is 0.837. The van der Waals surface area contributed by atoms with Gasteiger partial charge < -0.3 is 4.74 Å². The van der Waals surface area contributed by atoms with Gasteiger partial charge in [0, 0.05) is 13.2 Å². The maximum Gasteiger partial charge on any atom is 0.0468 e. The first kappa shape index (κ1) is 6.09. The predicted octanol–water partition coefficient (Wildman–Crippen LogP) is 1.64. The first-order valence-electron chi connectivity index (χ1n) is 3.30. The van der Waals surface area contributed by atoms with E-state index >= 15 is 0 Å². The van der Waals surface area contributed by atoms with Crippen LogP contribution in [-0.2, 0) is 4.74 Å². The number of hydrogen-bond acceptors (Lipinski definition) is 1. The first-order valence-corrected chi connectivity index (χ1v) is 3.30. The van der Waals surface area contributed by atoms with Crippen molar-refractivity contribution in [2.45, 2.75) is 19.8 Å². The summed E-state index contributed by atoms with van der Waals surface area (Å²) in [6, 6.07) is 0. The van der Waals surface area contributed by atoms with Crippen LogP contribution >= 0.6 is 0 Å². The largest absolute Gasteiger partial charge is 0.381 e. The SMILES string of the molecule is C[CH]C1CCOCC1. The van der Waals surface area contributed by atoms with Crippen molar-refractivity contribution < 1.29 is 4.74 Å². The Morgan fingerprint density at radius 2 is 2.00 bits per heavy atom. The van der Waals surface area contributed by atoms with Crippen LogP contribution in [0.2, 0.25) is 0 Å². The molecule has 0 aliphatic carbocycles. The Labute approximate surface area is 51.0 Å². The van der Waals surface area contributed by atoms with Crippen LogP contribution in [0.3, 0.4) is 0 Å². The molecule has 0 unspecified atom stereocenters. The zero-order valence-corrected chi connectivity index (χ0v) is 5.39. The molecule has 0 amide bonds. The lowest BCUT2D eigenvalue weighted by molar-refractivity contribution is 0.0749. The van der Waals surface area contributed by atoms with E-state index in [4.69, 9.17) is 4.74 Å². The summed E-state index contributed by atoms with van der Waals surface area (Å²) in [6.07, 6.45) is 4.75. The van der Waals surface area contributed by atoms with Crippen molar-refractivity contribution in [1.29, 1.82) is 0 Å². The molecule has 1 saturated heterocycles. The van der Waals surface area contributed by atoms with Crippen LogP contribution in [0.1, 0.15) is 19.8 Å². The normalized spacial score (nSPS) is 23.6. The lowest BCUT2D eigenvalue weighted by Gasteiger charge is -2.19. The Morgan fingerprint density at radius 1 is 1.38 bits per heavy atom. The lowest BCUT2D eigenvalue weighted by atomic mass is 9.98. The van der Waals surface area contributed by atoms with Gasteiger partial charge in [-0.25, -0.2) is 0 Å². The monoisotopic (exact) mass is 113 g/mol. The molecule has 1 heterocycles. The molecule has 1 nitrogen and oxygen atoms in total. The molecular weight excluding hydrogens is 100 g/mol. The van der Waals surface area contributed by atoms with Crippen molar-refractivity contribution in [3.8, 4) is 0 Å². The zero-order valence-electron chi connectivity index (χ0n) is 5.39. The van der Waals surface area contributed by atoms with Crippen molar-refractivity contribution in [3.63, 3.8) is 0 Å². The fourth-order valence-electron chi connectivity index (χ4n) is 1.05. The van der Waals surface area contributed by atoms with Crippen LogP contribution in [0.4, 0.5) is 0 Å². The Morgan fingerprint density at radius 3 is 2.38 bits per heavy atom. The maximum atomic E-state index is 5.18. The van der Waals surface area contributed by atoms with Gasteiger partial charge in [-0.2, -0.15) is 0 Å². The molecule has 1 radical (unpaired) electrons. The molecule has 8 heavy (non-hydrogen) atoms. The summed E-state index contributed by atoms with van der Waals surface area (Å²) in [4.78, 5) is 0. The molecule has 1 aliphatic rings. The second-order valence-corrected chi connectivity index (χ2v) is 2.28. The van der Waals surface area contributed by atoms with E-state index in [1.54, 1.807) is 0 Å². The summed E-state index contributed by atoms with van der Waals surface area (Å²) in [7, 11) is 0. The highest BCUT2D eigenvalue weighted by molar-refractivity contribution is 4.73. The Hall–Kier alpha value is -0.0400. The molecule has 0 aromatic heterocycles. The van der Waals surface area contributed by atoms with Gasteiger partial charge in [-0.05, 0) is 25.2 Å². The third-order valence-electron chi connectivity index (χ3n) is 1.74. The van der Waals surface area contributed by atoms with E-state index in [0.717, 1.165) is 19.1 Å². The van der Waals surface area contributed by atoms with E-state index in [-0.39, 0.29) is 0 Å². The highest BCUT2D eigenvalue weighted by atomic mass is 16.5. The van der Waals surface area contributed by atoms with Gasteiger partial charge in [0.15, 0.2) is 0 Å². The molecule has 47 valence electrons. The molecule has 1 heteroatoms. The third-order valence-corrected chi connectivity index (χ3v) is 1.74.